The van der Waals surface area contributed by atoms with Crippen LogP contribution in [0.1, 0.15) is 74.9 Å². The Hall–Kier alpha value is -15.6. The number of fused-ring (bicyclic) bond motifs is 21. The number of aromatic nitrogens is 8. The van der Waals surface area contributed by atoms with Gasteiger partial charge in [-0.1, -0.05) is 369 Å². The van der Waals surface area contributed by atoms with Crippen molar-refractivity contribution in [2.24, 2.45) is 0 Å². The maximum absolute atomic E-state index is 6.51. The molecule has 0 bridgehead atoms. The van der Waals surface area contributed by atoms with Gasteiger partial charge in [-0.15, -0.1) is 11.3 Å². The summed E-state index contributed by atoms with van der Waals surface area (Å²) in [7, 11) is 0. The lowest BCUT2D eigenvalue weighted by Crippen LogP contribution is -2.15. The Kier molecular flexibility index (Phi) is 17.9. The molecule has 11 heteroatoms. The van der Waals surface area contributed by atoms with Gasteiger partial charge >= 0.3 is 0 Å². The Labute approximate surface area is 733 Å². The smallest absolute Gasteiger partial charge is 0.164 e. The van der Waals surface area contributed by atoms with Gasteiger partial charge in [0.25, 0.3) is 0 Å². The molecule has 6 heterocycles. The fourth-order valence-corrected chi connectivity index (χ4v) is 20.5. The van der Waals surface area contributed by atoms with E-state index >= 15 is 0 Å². The van der Waals surface area contributed by atoms with E-state index in [1.807, 2.05) is 187 Å². The molecule has 0 radical (unpaired) electrons. The van der Waals surface area contributed by atoms with Crippen molar-refractivity contribution in [2.75, 3.05) is 0 Å². The minimum atomic E-state index is -0.172. The normalized spacial score (nSPS) is 13.3. The molecule has 0 saturated carbocycles. The summed E-state index contributed by atoms with van der Waals surface area (Å²) < 4.78 is 15.7. The van der Waals surface area contributed by atoms with Gasteiger partial charge in [0.05, 0.1) is 11.4 Å². The van der Waals surface area contributed by atoms with Crippen LogP contribution in [-0.4, -0.2) is 39.9 Å². The minimum Gasteiger partial charge on any atom is -0.455 e. The lowest BCUT2D eigenvalue weighted by molar-refractivity contribution is 0.653. The first kappa shape index (κ1) is 75.4. The Morgan fingerprint density at radius 2 is 0.532 bits per heavy atom. The molecule has 126 heavy (non-hydrogen) atoms. The van der Waals surface area contributed by atoms with E-state index < -0.39 is 0 Å². The second-order valence-electron chi connectivity index (χ2n) is 34.4. The highest BCUT2D eigenvalue weighted by Crippen LogP contribution is 2.58. The number of hydrogen-bond acceptors (Lipinski definition) is 11. The highest BCUT2D eigenvalue weighted by atomic mass is 32.1. The Morgan fingerprint density at radius 3 is 1.02 bits per heavy atom. The van der Waals surface area contributed by atoms with Gasteiger partial charge in [-0.05, 0) is 110 Å². The predicted molar refractivity (Wildman–Crippen MR) is 516 cm³/mol. The van der Waals surface area contributed by atoms with Gasteiger partial charge in [-0.25, -0.2) is 39.9 Å². The van der Waals surface area contributed by atoms with E-state index in [9.17, 15) is 0 Å². The van der Waals surface area contributed by atoms with Crippen LogP contribution in [0.4, 0.5) is 0 Å². The van der Waals surface area contributed by atoms with Crippen LogP contribution in [0.3, 0.4) is 0 Å². The lowest BCUT2D eigenvalue weighted by atomic mass is 9.81. The van der Waals surface area contributed by atoms with Crippen LogP contribution < -0.4 is 0 Å². The molecule has 0 aliphatic heterocycles. The summed E-state index contributed by atoms with van der Waals surface area (Å²) in [5, 5.41) is 7.29. The second kappa shape index (κ2) is 29.9. The maximum atomic E-state index is 6.51. The first-order valence-corrected chi connectivity index (χ1v) is 43.7. The molecule has 0 saturated heterocycles. The van der Waals surface area contributed by atoms with E-state index in [1.165, 1.54) is 86.9 Å². The lowest BCUT2D eigenvalue weighted by Gasteiger charge is -2.22. The SMILES string of the molecule is CC1(C)c2cc(-c3cccc(-c4nc(-c5ccccc5)nc(-c5ccccc5)n4)c3)ccc2-c2c1ccc1c2oc2ccccc21.CC1(C)c2cc(-c3nc(-c4ccccc4)nc(-c4ccccc4)n3)ccc2-c2c1ccc1c2sc2ccccc21.CC1(C)c2ccc(-c3nc(-c4ccccc4)cc(-c4ccccc4)n3)cc2-c2c1ccc1c2oc2ccccc21. The van der Waals surface area contributed by atoms with Crippen LogP contribution in [0.15, 0.2) is 385 Å². The summed E-state index contributed by atoms with van der Waals surface area (Å²) in [5.74, 6) is 4.72. The molecular weight excluding hydrogens is 1560 g/mol. The van der Waals surface area contributed by atoms with Crippen molar-refractivity contribution in [3.63, 3.8) is 0 Å². The van der Waals surface area contributed by atoms with E-state index in [0.717, 1.165) is 116 Å². The van der Waals surface area contributed by atoms with E-state index in [1.54, 1.807) is 0 Å². The maximum Gasteiger partial charge on any atom is 0.164 e. The van der Waals surface area contributed by atoms with Gasteiger partial charge in [0, 0.05) is 125 Å². The predicted octanol–water partition coefficient (Wildman–Crippen LogP) is 30.0. The van der Waals surface area contributed by atoms with Gasteiger partial charge in [0.15, 0.2) is 40.8 Å². The fourth-order valence-electron chi connectivity index (χ4n) is 19.3. The molecule has 10 nitrogen and oxygen atoms in total. The molecule has 0 atom stereocenters. The Balaban J connectivity index is 0.000000109. The summed E-state index contributed by atoms with van der Waals surface area (Å²) in [6.45, 7) is 13.9. The third-order valence-electron chi connectivity index (χ3n) is 25.8. The summed E-state index contributed by atoms with van der Waals surface area (Å²) in [6.07, 6.45) is 0. The average Bonchev–Trinajstić information content (AvgIpc) is 1.56. The molecule has 6 aromatic heterocycles. The number of thiophene rings is 1. The highest BCUT2D eigenvalue weighted by molar-refractivity contribution is 7.26. The molecule has 3 aliphatic rings. The molecule has 0 amide bonds. The van der Waals surface area contributed by atoms with Crippen molar-refractivity contribution in [3.8, 4) is 147 Å². The van der Waals surface area contributed by atoms with Crippen molar-refractivity contribution >= 4 is 75.4 Å². The molecule has 0 fully saturated rings. The Bertz CT molecular complexity index is 7930. The first-order valence-electron chi connectivity index (χ1n) is 42.8. The molecule has 0 N–H and O–H groups in total. The monoisotopic (exact) mass is 1640 g/mol. The molecule has 598 valence electrons. The number of rotatable bonds is 10. The molecule has 25 rings (SSSR count). The fraction of sp³-hybridized carbons (Fsp3) is 0.0783. The minimum absolute atomic E-state index is 0.136. The average molecular weight is 1640 g/mol. The van der Waals surface area contributed by atoms with Gasteiger partial charge in [-0.3, -0.25) is 0 Å². The van der Waals surface area contributed by atoms with Crippen LogP contribution in [0.5, 0.6) is 0 Å². The topological polar surface area (TPSA) is 129 Å². The van der Waals surface area contributed by atoms with Crippen molar-refractivity contribution in [1.82, 2.24) is 39.9 Å². The molecule has 0 unspecified atom stereocenters. The zero-order chi connectivity index (χ0) is 84.5. The largest absolute Gasteiger partial charge is 0.455 e. The first-order chi connectivity index (χ1) is 61.7. The van der Waals surface area contributed by atoms with Crippen LogP contribution in [-0.2, 0) is 16.2 Å². The van der Waals surface area contributed by atoms with Crippen molar-refractivity contribution < 1.29 is 8.83 Å². The van der Waals surface area contributed by atoms with E-state index in [-0.39, 0.29) is 16.2 Å². The summed E-state index contributed by atoms with van der Waals surface area (Å²) in [6, 6.07) is 131. The van der Waals surface area contributed by atoms with Crippen molar-refractivity contribution in [1.29, 1.82) is 0 Å². The number of benzene rings is 16. The number of hydrogen-bond donors (Lipinski definition) is 0. The molecular formula is C115H80N8O2S. The second-order valence-corrected chi connectivity index (χ2v) is 35.4. The van der Waals surface area contributed by atoms with Gasteiger partial charge < -0.3 is 8.83 Å². The molecule has 3 aliphatic carbocycles. The number of furan rings is 2. The summed E-state index contributed by atoms with van der Waals surface area (Å²) in [4.78, 5) is 39.8. The van der Waals surface area contributed by atoms with E-state index in [4.69, 9.17) is 48.7 Å². The molecule has 0 spiro atoms. The quantitative estimate of drug-likeness (QED) is 0.130. The number of nitrogens with zero attached hydrogens (tertiary/aromatic N) is 8. The van der Waals surface area contributed by atoms with Gasteiger partial charge in [0.2, 0.25) is 0 Å². The van der Waals surface area contributed by atoms with Crippen LogP contribution in [0.25, 0.3) is 211 Å². The van der Waals surface area contributed by atoms with Crippen LogP contribution in [0, 0.1) is 0 Å². The number of para-hydroxylation sites is 2. The molecule has 22 aromatic rings. The van der Waals surface area contributed by atoms with Gasteiger partial charge in [-0.2, -0.15) is 0 Å². The zero-order valence-corrected chi connectivity index (χ0v) is 70.9. The van der Waals surface area contributed by atoms with E-state index in [0.29, 0.717) is 40.8 Å². The van der Waals surface area contributed by atoms with Gasteiger partial charge in [0.1, 0.15) is 22.3 Å². The van der Waals surface area contributed by atoms with Crippen molar-refractivity contribution in [2.45, 2.75) is 57.8 Å². The highest BCUT2D eigenvalue weighted by Gasteiger charge is 2.41. The Morgan fingerprint density at radius 1 is 0.206 bits per heavy atom. The summed E-state index contributed by atoms with van der Waals surface area (Å²) in [5.41, 5.74) is 31.7. The third kappa shape index (κ3) is 12.7. The standard InChI is InChI=1S/C42H29N3O.C37H26N2O.C36H25N3S/c1-42(2)34-23-22-32-31-18-9-10-19-36(31)46-38(32)37(34)33-21-20-29(25-35(33)42)28-16-11-17-30(24-28)41-44-39(26-12-5-3-6-13-26)43-40(45-41)27-14-7-4-8-15-27;1-37(2)29-19-17-25(21-28(29)34-30(37)20-18-27-26-15-9-10-16-33(26)40-35(27)34)36-38-31(23-11-5-3-6-12-23)22-32(39-36)24-13-7-4-8-14-24;1-36(2)28-20-19-26-25-15-9-10-16-30(25)40-32(26)31(28)27-18-17-24(21-29(27)36)35-38-33(22-11-5-3-6-12-22)37-34(39-35)23-13-7-4-8-14-23/h3-25H,1-2H3;3-22H,1-2H3;3-21H,1-2H3. The van der Waals surface area contributed by atoms with Crippen LogP contribution in [0.2, 0.25) is 0 Å². The molecule has 16 aromatic carbocycles. The zero-order valence-electron chi connectivity index (χ0n) is 70.1. The van der Waals surface area contributed by atoms with Crippen LogP contribution >= 0.6 is 11.3 Å². The van der Waals surface area contributed by atoms with Crippen molar-refractivity contribution in [3.05, 3.63) is 409 Å². The summed E-state index contributed by atoms with van der Waals surface area (Å²) >= 11 is 1.90. The van der Waals surface area contributed by atoms with E-state index in [2.05, 4.69) is 242 Å². The third-order valence-corrected chi connectivity index (χ3v) is 27.0.